The topological polar surface area (TPSA) is 87.3 Å². The molecule has 1 aromatic carbocycles. The molecule has 0 spiro atoms. The maximum atomic E-state index is 13.2. The van der Waals surface area contributed by atoms with Crippen LogP contribution in [-0.4, -0.2) is 46.6 Å². The number of urea groups is 1. The third-order valence-electron chi connectivity index (χ3n) is 5.33. The van der Waals surface area contributed by atoms with Crippen molar-refractivity contribution in [2.45, 2.75) is 38.8 Å². The number of nitrogens with zero attached hydrogens (tertiary/aromatic N) is 2. The number of halogens is 1. The monoisotopic (exact) mass is 404 g/mol. The Bertz CT molecular complexity index is 853. The fourth-order valence-corrected chi connectivity index (χ4v) is 3.76. The molecule has 2 aromatic rings. The second-order valence-corrected chi connectivity index (χ2v) is 7.38. The Morgan fingerprint density at radius 1 is 1.43 bits per heavy atom. The maximum Gasteiger partial charge on any atom is 0.328 e. The van der Waals surface area contributed by atoms with Crippen molar-refractivity contribution in [3.8, 4) is 0 Å². The average Bonchev–Trinajstić information content (AvgIpc) is 3.19. The normalized spacial score (nSPS) is 18.1. The zero-order chi connectivity index (χ0) is 20.3. The predicted octanol–water partition coefficient (Wildman–Crippen LogP) is 3.31. The molecule has 0 saturated heterocycles. The third-order valence-corrected chi connectivity index (χ3v) is 5.68. The van der Waals surface area contributed by atoms with Crippen molar-refractivity contribution in [2.75, 3.05) is 13.7 Å². The Labute approximate surface area is 169 Å². The minimum absolute atomic E-state index is 0.0547. The Morgan fingerprint density at radius 3 is 2.86 bits per heavy atom. The van der Waals surface area contributed by atoms with E-state index in [1.165, 1.54) is 7.11 Å². The number of imidazole rings is 1. The van der Waals surface area contributed by atoms with Gasteiger partial charge in [-0.15, -0.1) is 0 Å². The Morgan fingerprint density at radius 2 is 2.18 bits per heavy atom. The van der Waals surface area contributed by atoms with Gasteiger partial charge in [0.1, 0.15) is 12.1 Å². The summed E-state index contributed by atoms with van der Waals surface area (Å²) in [5.74, 6) is -0.504. The van der Waals surface area contributed by atoms with E-state index in [4.69, 9.17) is 16.3 Å². The quantitative estimate of drug-likeness (QED) is 0.748. The molecule has 28 heavy (non-hydrogen) atoms. The first-order valence-corrected chi connectivity index (χ1v) is 9.77. The fraction of sp³-hybridized carbons (Fsp3) is 0.450. The Kier molecular flexibility index (Phi) is 6.24. The van der Waals surface area contributed by atoms with E-state index in [2.05, 4.69) is 15.3 Å². The minimum Gasteiger partial charge on any atom is -0.467 e. The van der Waals surface area contributed by atoms with Crippen molar-refractivity contribution in [2.24, 2.45) is 5.92 Å². The number of ether oxygens (including phenoxy) is 1. The molecule has 1 aromatic heterocycles. The van der Waals surface area contributed by atoms with Crippen LogP contribution in [0.3, 0.4) is 0 Å². The number of amides is 2. The summed E-state index contributed by atoms with van der Waals surface area (Å²) in [7, 11) is 1.33. The molecule has 0 bridgehead atoms. The molecule has 2 amide bonds. The first kappa shape index (κ1) is 20.2. The van der Waals surface area contributed by atoms with Gasteiger partial charge in [0.25, 0.3) is 0 Å². The van der Waals surface area contributed by atoms with Gasteiger partial charge in [0.15, 0.2) is 0 Å². The van der Waals surface area contributed by atoms with Crippen LogP contribution in [0.25, 0.3) is 0 Å². The van der Waals surface area contributed by atoms with E-state index >= 15 is 0 Å². The van der Waals surface area contributed by atoms with Crippen molar-refractivity contribution in [3.05, 3.63) is 52.6 Å². The van der Waals surface area contributed by atoms with Crippen molar-refractivity contribution in [1.29, 1.82) is 0 Å². The van der Waals surface area contributed by atoms with Gasteiger partial charge < -0.3 is 19.9 Å². The van der Waals surface area contributed by atoms with Crippen molar-refractivity contribution >= 4 is 23.6 Å². The Balaban J connectivity index is 1.94. The Hall–Kier alpha value is -2.54. The lowest BCUT2D eigenvalue weighted by molar-refractivity contribution is -0.144. The van der Waals surface area contributed by atoms with Crippen LogP contribution in [0.15, 0.2) is 30.6 Å². The molecule has 0 fully saturated rings. The number of hydrogen-bond acceptors (Lipinski definition) is 4. The molecule has 3 atom stereocenters. The molecule has 1 aliphatic heterocycles. The molecule has 2 N–H and O–H groups in total. The number of hydrogen-bond donors (Lipinski definition) is 2. The van der Waals surface area contributed by atoms with Crippen LogP contribution in [0.2, 0.25) is 5.02 Å². The number of rotatable bonds is 5. The number of nitrogens with one attached hydrogen (secondary N) is 2. The van der Waals surface area contributed by atoms with E-state index < -0.39 is 18.1 Å². The molecule has 0 saturated carbocycles. The highest BCUT2D eigenvalue weighted by molar-refractivity contribution is 6.31. The fourth-order valence-electron chi connectivity index (χ4n) is 3.52. The first-order valence-electron chi connectivity index (χ1n) is 9.39. The first-order chi connectivity index (χ1) is 13.5. The molecule has 150 valence electrons. The van der Waals surface area contributed by atoms with Crippen molar-refractivity contribution in [1.82, 2.24) is 20.2 Å². The van der Waals surface area contributed by atoms with E-state index in [0.717, 1.165) is 23.4 Å². The lowest BCUT2D eigenvalue weighted by atomic mass is 9.95. The van der Waals surface area contributed by atoms with Gasteiger partial charge >= 0.3 is 12.0 Å². The van der Waals surface area contributed by atoms with Gasteiger partial charge in [-0.05, 0) is 17.5 Å². The highest BCUT2D eigenvalue weighted by atomic mass is 35.5. The summed E-state index contributed by atoms with van der Waals surface area (Å²) in [6.07, 6.45) is 3.01. The predicted molar refractivity (Wildman–Crippen MR) is 106 cm³/mol. The van der Waals surface area contributed by atoms with E-state index in [1.807, 2.05) is 32.0 Å². The number of carbonyl (C=O) groups excluding carboxylic acids is 2. The summed E-state index contributed by atoms with van der Waals surface area (Å²) in [5.41, 5.74) is 2.55. The van der Waals surface area contributed by atoms with Crippen molar-refractivity contribution in [3.63, 3.8) is 0 Å². The van der Waals surface area contributed by atoms with Gasteiger partial charge in [-0.3, -0.25) is 0 Å². The summed E-state index contributed by atoms with van der Waals surface area (Å²) in [6.45, 7) is 4.36. The second kappa shape index (κ2) is 8.65. The lowest BCUT2D eigenvalue weighted by Crippen LogP contribution is -2.53. The number of fused-ring (bicyclic) bond motifs is 1. The molecule has 8 heteroatoms. The van der Waals surface area contributed by atoms with Crippen LogP contribution >= 0.6 is 11.6 Å². The van der Waals surface area contributed by atoms with Crippen LogP contribution in [0, 0.1) is 5.92 Å². The molecule has 7 nitrogen and oxygen atoms in total. The molecule has 3 rings (SSSR count). The number of H-pyrrole nitrogens is 1. The van der Waals surface area contributed by atoms with E-state index in [1.54, 1.807) is 17.3 Å². The van der Waals surface area contributed by atoms with Gasteiger partial charge in [-0.25, -0.2) is 14.6 Å². The van der Waals surface area contributed by atoms with Crippen LogP contribution in [0.5, 0.6) is 0 Å². The largest absolute Gasteiger partial charge is 0.467 e. The van der Waals surface area contributed by atoms with Crippen LogP contribution in [0.4, 0.5) is 4.79 Å². The van der Waals surface area contributed by atoms with E-state index in [0.29, 0.717) is 18.0 Å². The number of benzene rings is 1. The third kappa shape index (κ3) is 3.85. The highest BCUT2D eigenvalue weighted by Gasteiger charge is 2.37. The van der Waals surface area contributed by atoms with Gasteiger partial charge in [0, 0.05) is 23.7 Å². The minimum atomic E-state index is -0.713. The molecule has 0 unspecified atom stereocenters. The summed E-state index contributed by atoms with van der Waals surface area (Å²) in [6, 6.07) is 5.94. The summed E-state index contributed by atoms with van der Waals surface area (Å²) in [5, 5.41) is 3.42. The standard InChI is InChI=1S/C20H25ClN4O3/c1-4-12(2)16(19(26)28-3)24-20(27)25-10-9-15-17(23-11-22-15)18(25)13-7-5-6-8-14(13)21/h5-8,11-12,16,18H,4,9-10H2,1-3H3,(H,22,23)(H,24,27)/t12-,16-,18+/m0/s1. The van der Waals surface area contributed by atoms with Gasteiger partial charge in [-0.1, -0.05) is 50.1 Å². The van der Waals surface area contributed by atoms with E-state index in [9.17, 15) is 9.59 Å². The summed E-state index contributed by atoms with van der Waals surface area (Å²) >= 11 is 6.44. The average molecular weight is 405 g/mol. The number of esters is 1. The second-order valence-electron chi connectivity index (χ2n) is 6.97. The zero-order valence-electron chi connectivity index (χ0n) is 16.2. The van der Waals surface area contributed by atoms with Crippen LogP contribution in [-0.2, 0) is 16.0 Å². The van der Waals surface area contributed by atoms with Gasteiger partial charge in [0.2, 0.25) is 0 Å². The maximum absolute atomic E-state index is 13.2. The molecule has 0 radical (unpaired) electrons. The molecule has 2 heterocycles. The number of aromatic amines is 1. The molecule has 1 aliphatic rings. The van der Waals surface area contributed by atoms with Gasteiger partial charge in [0.05, 0.1) is 19.1 Å². The summed E-state index contributed by atoms with van der Waals surface area (Å²) in [4.78, 5) is 34.7. The molecular formula is C20H25ClN4O3. The molecular weight excluding hydrogens is 380 g/mol. The van der Waals surface area contributed by atoms with Crippen LogP contribution < -0.4 is 5.32 Å². The molecule has 0 aliphatic carbocycles. The number of aromatic nitrogens is 2. The number of methoxy groups -OCH3 is 1. The van der Waals surface area contributed by atoms with Crippen LogP contribution in [0.1, 0.15) is 43.3 Å². The van der Waals surface area contributed by atoms with Gasteiger partial charge in [-0.2, -0.15) is 0 Å². The zero-order valence-corrected chi connectivity index (χ0v) is 17.0. The van der Waals surface area contributed by atoms with Crippen molar-refractivity contribution < 1.29 is 14.3 Å². The smallest absolute Gasteiger partial charge is 0.328 e. The SMILES string of the molecule is CC[C@H](C)[C@H](NC(=O)N1CCc2[nH]cnc2[C@H]1c1ccccc1Cl)C(=O)OC. The highest BCUT2D eigenvalue weighted by Crippen LogP contribution is 2.36. The summed E-state index contributed by atoms with van der Waals surface area (Å²) < 4.78 is 4.89. The van der Waals surface area contributed by atoms with E-state index in [-0.39, 0.29) is 11.9 Å². The number of carbonyl (C=O) groups is 2. The lowest BCUT2D eigenvalue weighted by Gasteiger charge is -2.36.